The van der Waals surface area contributed by atoms with Crippen LogP contribution >= 0.6 is 0 Å². The lowest BCUT2D eigenvalue weighted by molar-refractivity contribution is 0.0369. The first-order valence-electron chi connectivity index (χ1n) is 11.8. The van der Waals surface area contributed by atoms with Crippen molar-refractivity contribution in [1.29, 1.82) is 0 Å². The van der Waals surface area contributed by atoms with Crippen molar-refractivity contribution in [2.75, 3.05) is 67.0 Å². The Bertz CT molecular complexity index is 692. The second kappa shape index (κ2) is 10.1. The molecule has 0 saturated carbocycles. The van der Waals surface area contributed by atoms with Crippen LogP contribution < -0.4 is 5.32 Å². The maximum Gasteiger partial charge on any atom is 0.193 e. The molecule has 6 nitrogen and oxygen atoms in total. The van der Waals surface area contributed by atoms with Crippen molar-refractivity contribution in [3.8, 4) is 0 Å². The minimum atomic E-state index is 0.550. The number of fused-ring (bicyclic) bond motifs is 1. The van der Waals surface area contributed by atoms with E-state index in [1.807, 2.05) is 7.05 Å². The Balaban J connectivity index is 1.32. The lowest BCUT2D eigenvalue weighted by Gasteiger charge is -2.48. The Hall–Kier alpha value is -1.63. The zero-order valence-corrected chi connectivity index (χ0v) is 19.1. The van der Waals surface area contributed by atoms with Gasteiger partial charge in [-0.1, -0.05) is 30.3 Å². The summed E-state index contributed by atoms with van der Waals surface area (Å²) >= 11 is 0. The first kappa shape index (κ1) is 21.6. The summed E-state index contributed by atoms with van der Waals surface area (Å²) in [5.74, 6) is 1.84. The highest BCUT2D eigenvalue weighted by Crippen LogP contribution is 2.31. The number of likely N-dealkylation sites (tertiary alicyclic amines) is 2. The summed E-state index contributed by atoms with van der Waals surface area (Å²) in [6.07, 6.45) is 3.90. The predicted octanol–water partition coefficient (Wildman–Crippen LogP) is 1.79. The number of rotatable bonds is 4. The van der Waals surface area contributed by atoms with Gasteiger partial charge in [-0.25, -0.2) is 0 Å². The molecular formula is C24H40N6. The molecule has 1 aromatic rings. The third kappa shape index (κ3) is 5.16. The standard InChI is InChI=1S/C24H40N6/c1-25-24(26-16-22-19-27(2)14-15-28(22)3)30-13-11-23-21(18-30)10-7-12-29(23)17-20-8-5-4-6-9-20/h4-6,8-9,21-23H,7,10-19H2,1-3H3,(H,25,26). The van der Waals surface area contributed by atoms with Gasteiger partial charge in [-0.05, 0) is 51.4 Å². The number of piperazine rings is 1. The number of nitrogens with one attached hydrogen (secondary N) is 1. The first-order chi connectivity index (χ1) is 14.6. The molecule has 0 aromatic heterocycles. The fraction of sp³-hybridized carbons (Fsp3) is 0.708. The van der Waals surface area contributed by atoms with Crippen molar-refractivity contribution < 1.29 is 0 Å². The molecule has 0 bridgehead atoms. The molecule has 1 N–H and O–H groups in total. The van der Waals surface area contributed by atoms with Gasteiger partial charge in [0, 0.05) is 64.9 Å². The van der Waals surface area contributed by atoms with Gasteiger partial charge in [0.2, 0.25) is 0 Å². The Labute approximate surface area is 182 Å². The molecule has 3 fully saturated rings. The van der Waals surface area contributed by atoms with Crippen LogP contribution in [0, 0.1) is 5.92 Å². The fourth-order valence-electron chi connectivity index (χ4n) is 5.58. The highest BCUT2D eigenvalue weighted by atomic mass is 15.3. The molecular weight excluding hydrogens is 372 g/mol. The van der Waals surface area contributed by atoms with Crippen molar-refractivity contribution >= 4 is 5.96 Å². The van der Waals surface area contributed by atoms with Crippen molar-refractivity contribution in [2.45, 2.75) is 37.9 Å². The smallest absolute Gasteiger partial charge is 0.193 e. The largest absolute Gasteiger partial charge is 0.355 e. The summed E-state index contributed by atoms with van der Waals surface area (Å²) in [5.41, 5.74) is 1.44. The lowest BCUT2D eigenvalue weighted by Crippen LogP contribution is -2.59. The molecule has 3 unspecified atom stereocenters. The molecule has 166 valence electrons. The summed E-state index contributed by atoms with van der Waals surface area (Å²) in [6.45, 7) is 8.98. The van der Waals surface area contributed by atoms with Gasteiger partial charge in [0.15, 0.2) is 5.96 Å². The molecule has 6 heteroatoms. The lowest BCUT2D eigenvalue weighted by atomic mass is 9.83. The Morgan fingerprint density at radius 2 is 1.87 bits per heavy atom. The quantitative estimate of drug-likeness (QED) is 0.603. The molecule has 0 spiro atoms. The van der Waals surface area contributed by atoms with E-state index in [2.05, 4.69) is 74.3 Å². The van der Waals surface area contributed by atoms with Gasteiger partial charge in [0.25, 0.3) is 0 Å². The number of hydrogen-bond donors (Lipinski definition) is 1. The van der Waals surface area contributed by atoms with Crippen molar-refractivity contribution in [2.24, 2.45) is 10.9 Å². The molecule has 3 aliphatic rings. The van der Waals surface area contributed by atoms with E-state index in [0.29, 0.717) is 12.1 Å². The molecule has 4 rings (SSSR count). The van der Waals surface area contributed by atoms with Crippen LogP contribution in [0.5, 0.6) is 0 Å². The number of nitrogens with zero attached hydrogens (tertiary/aromatic N) is 5. The van der Waals surface area contributed by atoms with Crippen LogP contribution in [-0.4, -0.2) is 105 Å². The van der Waals surface area contributed by atoms with E-state index < -0.39 is 0 Å². The number of hydrogen-bond acceptors (Lipinski definition) is 4. The van der Waals surface area contributed by atoms with Gasteiger partial charge in [-0.2, -0.15) is 0 Å². The van der Waals surface area contributed by atoms with Gasteiger partial charge >= 0.3 is 0 Å². The number of guanidine groups is 1. The van der Waals surface area contributed by atoms with Crippen LogP contribution in [0.4, 0.5) is 0 Å². The summed E-state index contributed by atoms with van der Waals surface area (Å²) < 4.78 is 0. The van der Waals surface area contributed by atoms with Gasteiger partial charge in [-0.3, -0.25) is 14.8 Å². The number of piperidine rings is 2. The maximum absolute atomic E-state index is 4.65. The van der Waals surface area contributed by atoms with E-state index in [-0.39, 0.29) is 0 Å². The summed E-state index contributed by atoms with van der Waals surface area (Å²) in [7, 11) is 6.41. The molecule has 3 heterocycles. The van der Waals surface area contributed by atoms with E-state index in [9.17, 15) is 0 Å². The zero-order chi connectivity index (χ0) is 20.9. The van der Waals surface area contributed by atoms with Gasteiger partial charge < -0.3 is 15.1 Å². The van der Waals surface area contributed by atoms with Gasteiger partial charge in [-0.15, -0.1) is 0 Å². The molecule has 0 radical (unpaired) electrons. The molecule has 30 heavy (non-hydrogen) atoms. The number of benzene rings is 1. The van der Waals surface area contributed by atoms with E-state index >= 15 is 0 Å². The predicted molar refractivity (Wildman–Crippen MR) is 125 cm³/mol. The van der Waals surface area contributed by atoms with Crippen molar-refractivity contribution in [3.63, 3.8) is 0 Å². The maximum atomic E-state index is 4.65. The van der Waals surface area contributed by atoms with Crippen LogP contribution in [0.15, 0.2) is 35.3 Å². The summed E-state index contributed by atoms with van der Waals surface area (Å²) in [4.78, 5) is 14.8. The molecule has 0 amide bonds. The highest BCUT2D eigenvalue weighted by Gasteiger charge is 2.36. The average Bonchev–Trinajstić information content (AvgIpc) is 2.77. The van der Waals surface area contributed by atoms with Gasteiger partial charge in [0.05, 0.1) is 0 Å². The zero-order valence-electron chi connectivity index (χ0n) is 19.1. The van der Waals surface area contributed by atoms with Crippen molar-refractivity contribution in [3.05, 3.63) is 35.9 Å². The highest BCUT2D eigenvalue weighted by molar-refractivity contribution is 5.80. The third-order valence-electron chi connectivity index (χ3n) is 7.40. The molecule has 3 aliphatic heterocycles. The third-order valence-corrected chi connectivity index (χ3v) is 7.40. The topological polar surface area (TPSA) is 37.4 Å². The summed E-state index contributed by atoms with van der Waals surface area (Å²) in [6, 6.07) is 12.2. The number of aliphatic imine (C=N–C) groups is 1. The minimum Gasteiger partial charge on any atom is -0.355 e. The van der Waals surface area contributed by atoms with E-state index in [1.165, 1.54) is 31.4 Å². The number of likely N-dealkylation sites (N-methyl/N-ethyl adjacent to an activating group) is 2. The van der Waals surface area contributed by atoms with E-state index in [4.69, 9.17) is 0 Å². The average molecular weight is 413 g/mol. The Kier molecular flexibility index (Phi) is 7.28. The Morgan fingerprint density at radius 3 is 2.67 bits per heavy atom. The second-order valence-corrected chi connectivity index (χ2v) is 9.49. The minimum absolute atomic E-state index is 0.550. The van der Waals surface area contributed by atoms with Crippen LogP contribution in [-0.2, 0) is 6.54 Å². The molecule has 1 aromatic carbocycles. The molecule has 3 atom stereocenters. The monoisotopic (exact) mass is 412 g/mol. The molecule has 0 aliphatic carbocycles. The van der Waals surface area contributed by atoms with Crippen LogP contribution in [0.3, 0.4) is 0 Å². The first-order valence-corrected chi connectivity index (χ1v) is 11.8. The van der Waals surface area contributed by atoms with Crippen LogP contribution in [0.2, 0.25) is 0 Å². The fourth-order valence-corrected chi connectivity index (χ4v) is 5.58. The normalized spacial score (nSPS) is 29.6. The SMILES string of the molecule is CN=C(NCC1CN(C)CCN1C)N1CCC2C(CCCN2Cc2ccccc2)C1. The molecule has 3 saturated heterocycles. The van der Waals surface area contributed by atoms with Crippen LogP contribution in [0.25, 0.3) is 0 Å². The Morgan fingerprint density at radius 1 is 1.03 bits per heavy atom. The second-order valence-electron chi connectivity index (χ2n) is 9.49. The van der Waals surface area contributed by atoms with E-state index in [1.54, 1.807) is 0 Å². The summed E-state index contributed by atoms with van der Waals surface area (Å²) in [5, 5.41) is 3.70. The van der Waals surface area contributed by atoms with E-state index in [0.717, 1.165) is 57.7 Å². The van der Waals surface area contributed by atoms with Crippen molar-refractivity contribution in [1.82, 2.24) is 24.9 Å². The van der Waals surface area contributed by atoms with Crippen LogP contribution in [0.1, 0.15) is 24.8 Å². The van der Waals surface area contributed by atoms with Gasteiger partial charge in [0.1, 0.15) is 0 Å².